The van der Waals surface area contributed by atoms with E-state index >= 15 is 0 Å². The van der Waals surface area contributed by atoms with Crippen LogP contribution in [0, 0.1) is 20.8 Å². The summed E-state index contributed by atoms with van der Waals surface area (Å²) in [5, 5.41) is 9.43. The molecule has 1 aromatic rings. The Morgan fingerprint density at radius 3 is 2.55 bits per heavy atom. The third-order valence-electron chi connectivity index (χ3n) is 3.47. The van der Waals surface area contributed by atoms with Crippen LogP contribution in [0.25, 0.3) is 0 Å². The van der Waals surface area contributed by atoms with Crippen LogP contribution in [-0.4, -0.2) is 29.4 Å². The number of hydrogen-bond donors (Lipinski definition) is 1. The first kappa shape index (κ1) is 14.7. The molecule has 6 heteroatoms. The van der Waals surface area contributed by atoms with Gasteiger partial charge in [-0.2, -0.15) is 0 Å². The van der Waals surface area contributed by atoms with Crippen LogP contribution in [-0.2, 0) is 14.3 Å². The SMILES string of the molecule is COC(=O)CC1Sc2c(C)c(O)c(C)c(C)c2OC1=O. The van der Waals surface area contributed by atoms with Gasteiger partial charge in [0.15, 0.2) is 0 Å². The summed E-state index contributed by atoms with van der Waals surface area (Å²) in [6.45, 7) is 5.33. The Bertz CT molecular complexity index is 594. The number of phenolic OH excluding ortho intramolecular Hbond substituents is 1. The monoisotopic (exact) mass is 296 g/mol. The predicted molar refractivity (Wildman–Crippen MR) is 74.2 cm³/mol. The van der Waals surface area contributed by atoms with E-state index in [4.69, 9.17) is 4.74 Å². The zero-order valence-electron chi connectivity index (χ0n) is 11.8. The van der Waals surface area contributed by atoms with E-state index < -0.39 is 17.2 Å². The van der Waals surface area contributed by atoms with Gasteiger partial charge in [0.25, 0.3) is 0 Å². The molecule has 0 saturated carbocycles. The maximum atomic E-state index is 12.0. The van der Waals surface area contributed by atoms with Gasteiger partial charge in [-0.1, -0.05) is 0 Å². The van der Waals surface area contributed by atoms with Crippen LogP contribution in [0.4, 0.5) is 0 Å². The molecule has 0 saturated heterocycles. The largest absolute Gasteiger partial charge is 0.507 e. The zero-order valence-corrected chi connectivity index (χ0v) is 12.6. The molecular formula is C14H16O5S. The summed E-state index contributed by atoms with van der Waals surface area (Å²) in [6.07, 6.45) is -0.0490. The molecule has 5 nitrogen and oxygen atoms in total. The van der Waals surface area contributed by atoms with Crippen molar-refractivity contribution in [3.63, 3.8) is 0 Å². The normalized spacial score (nSPS) is 17.4. The van der Waals surface area contributed by atoms with E-state index in [1.54, 1.807) is 20.8 Å². The third kappa shape index (κ3) is 2.35. The maximum absolute atomic E-state index is 12.0. The molecule has 20 heavy (non-hydrogen) atoms. The first-order valence-corrected chi connectivity index (χ1v) is 7.02. The fourth-order valence-corrected chi connectivity index (χ4v) is 3.28. The van der Waals surface area contributed by atoms with Crippen LogP contribution >= 0.6 is 11.8 Å². The van der Waals surface area contributed by atoms with E-state index in [2.05, 4.69) is 4.74 Å². The second-order valence-corrected chi connectivity index (χ2v) is 5.90. The minimum atomic E-state index is -0.643. The standard InChI is InChI=1S/C14H16O5S/c1-6-7(2)12-13(8(3)11(6)16)20-9(14(17)19-12)5-10(15)18-4/h9,16H,5H2,1-4H3. The molecule has 2 rings (SSSR count). The highest BCUT2D eigenvalue weighted by Gasteiger charge is 2.34. The van der Waals surface area contributed by atoms with Gasteiger partial charge in [-0.05, 0) is 31.9 Å². The summed E-state index contributed by atoms with van der Waals surface area (Å²) in [5.74, 6) is -0.244. The topological polar surface area (TPSA) is 72.8 Å². The van der Waals surface area contributed by atoms with Gasteiger partial charge in [-0.25, -0.2) is 0 Å². The number of ether oxygens (including phenoxy) is 2. The minimum Gasteiger partial charge on any atom is -0.507 e. The molecule has 0 fully saturated rings. The Morgan fingerprint density at radius 2 is 1.95 bits per heavy atom. The van der Waals surface area contributed by atoms with Gasteiger partial charge in [0.05, 0.1) is 18.4 Å². The quantitative estimate of drug-likeness (QED) is 0.666. The van der Waals surface area contributed by atoms with Gasteiger partial charge < -0.3 is 14.6 Å². The van der Waals surface area contributed by atoms with Gasteiger partial charge in [0.2, 0.25) is 0 Å². The number of esters is 2. The van der Waals surface area contributed by atoms with Gasteiger partial charge >= 0.3 is 11.9 Å². The first-order valence-electron chi connectivity index (χ1n) is 6.14. The van der Waals surface area contributed by atoms with E-state index in [0.29, 0.717) is 21.8 Å². The molecule has 0 radical (unpaired) electrons. The number of phenols is 1. The van der Waals surface area contributed by atoms with Crippen LogP contribution in [0.5, 0.6) is 11.5 Å². The lowest BCUT2D eigenvalue weighted by Gasteiger charge is -2.26. The number of hydrogen-bond acceptors (Lipinski definition) is 6. The lowest BCUT2D eigenvalue weighted by molar-refractivity contribution is -0.144. The van der Waals surface area contributed by atoms with Crippen molar-refractivity contribution in [3.05, 3.63) is 16.7 Å². The summed E-state index contributed by atoms with van der Waals surface area (Å²) < 4.78 is 9.94. The summed E-state index contributed by atoms with van der Waals surface area (Å²) in [4.78, 5) is 24.0. The number of methoxy groups -OCH3 is 1. The second kappa shape index (κ2) is 5.36. The molecule has 0 aliphatic carbocycles. The predicted octanol–water partition coefficient (Wildman–Crippen LogP) is 2.26. The van der Waals surface area contributed by atoms with Crippen LogP contribution < -0.4 is 4.74 Å². The van der Waals surface area contributed by atoms with Gasteiger partial charge in [-0.3, -0.25) is 9.59 Å². The molecule has 1 unspecified atom stereocenters. The zero-order chi connectivity index (χ0) is 15.0. The molecule has 1 atom stereocenters. The lowest BCUT2D eigenvalue weighted by Crippen LogP contribution is -2.30. The van der Waals surface area contributed by atoms with Crippen molar-refractivity contribution in [1.82, 2.24) is 0 Å². The number of carbonyl (C=O) groups is 2. The average molecular weight is 296 g/mol. The number of rotatable bonds is 2. The number of aromatic hydroxyl groups is 1. The van der Waals surface area contributed by atoms with Crippen molar-refractivity contribution >= 4 is 23.7 Å². The second-order valence-electron chi connectivity index (χ2n) is 4.69. The summed E-state index contributed by atoms with van der Waals surface area (Å²) in [5.41, 5.74) is 2.09. The summed E-state index contributed by atoms with van der Waals surface area (Å²) >= 11 is 1.24. The number of benzene rings is 1. The van der Waals surface area contributed by atoms with Crippen LogP contribution in [0.1, 0.15) is 23.1 Å². The molecule has 1 heterocycles. The van der Waals surface area contributed by atoms with E-state index in [0.717, 1.165) is 5.56 Å². The van der Waals surface area contributed by atoms with Gasteiger partial charge in [-0.15, -0.1) is 11.8 Å². The minimum absolute atomic E-state index is 0.0490. The van der Waals surface area contributed by atoms with Crippen LogP contribution in [0.15, 0.2) is 4.90 Å². The molecule has 1 aliphatic rings. The fraction of sp³-hybridized carbons (Fsp3) is 0.429. The summed E-state index contributed by atoms with van der Waals surface area (Å²) in [7, 11) is 1.28. The van der Waals surface area contributed by atoms with Crippen molar-refractivity contribution in [2.75, 3.05) is 7.11 Å². The van der Waals surface area contributed by atoms with Crippen molar-refractivity contribution in [3.8, 4) is 11.5 Å². The Morgan fingerprint density at radius 1 is 1.30 bits per heavy atom. The molecule has 0 spiro atoms. The Hall–Kier alpha value is -1.69. The first-order chi connectivity index (χ1) is 9.36. The highest BCUT2D eigenvalue weighted by Crippen LogP contribution is 2.47. The fourth-order valence-electron chi connectivity index (χ4n) is 2.06. The van der Waals surface area contributed by atoms with E-state index in [1.807, 2.05) is 0 Å². The van der Waals surface area contributed by atoms with Crippen molar-refractivity contribution in [1.29, 1.82) is 0 Å². The molecule has 0 amide bonds. The molecular weight excluding hydrogens is 280 g/mol. The van der Waals surface area contributed by atoms with E-state index in [1.165, 1.54) is 18.9 Å². The molecule has 1 aromatic carbocycles. The van der Waals surface area contributed by atoms with E-state index in [9.17, 15) is 14.7 Å². The van der Waals surface area contributed by atoms with Crippen LogP contribution in [0.3, 0.4) is 0 Å². The number of fused-ring (bicyclic) bond motifs is 1. The van der Waals surface area contributed by atoms with Crippen molar-refractivity contribution < 1.29 is 24.2 Å². The highest BCUT2D eigenvalue weighted by molar-refractivity contribution is 8.00. The lowest BCUT2D eigenvalue weighted by atomic mass is 10.0. The summed E-state index contributed by atoms with van der Waals surface area (Å²) in [6, 6.07) is 0. The Balaban J connectivity index is 2.43. The Labute approximate surface area is 121 Å². The molecule has 108 valence electrons. The molecule has 1 N–H and O–H groups in total. The average Bonchev–Trinajstić information content (AvgIpc) is 2.44. The third-order valence-corrected chi connectivity index (χ3v) is 4.84. The maximum Gasteiger partial charge on any atom is 0.325 e. The smallest absolute Gasteiger partial charge is 0.325 e. The van der Waals surface area contributed by atoms with Gasteiger partial charge in [0, 0.05) is 5.56 Å². The van der Waals surface area contributed by atoms with E-state index in [-0.39, 0.29) is 12.2 Å². The molecule has 1 aliphatic heterocycles. The number of thioether (sulfide) groups is 1. The van der Waals surface area contributed by atoms with Gasteiger partial charge in [0.1, 0.15) is 16.7 Å². The van der Waals surface area contributed by atoms with Crippen LogP contribution in [0.2, 0.25) is 0 Å². The molecule has 0 aromatic heterocycles. The number of carbonyl (C=O) groups excluding carboxylic acids is 2. The molecule has 0 bridgehead atoms. The van der Waals surface area contributed by atoms with Crippen molar-refractivity contribution in [2.45, 2.75) is 37.3 Å². The highest BCUT2D eigenvalue weighted by atomic mass is 32.2. The van der Waals surface area contributed by atoms with Crippen molar-refractivity contribution in [2.24, 2.45) is 0 Å². The Kier molecular flexibility index (Phi) is 3.94.